The molecule has 1 aromatic heterocycles. The lowest BCUT2D eigenvalue weighted by molar-refractivity contribution is -0.136. The lowest BCUT2D eigenvalue weighted by atomic mass is 9.96. The Kier molecular flexibility index (Phi) is 5.66. The first kappa shape index (κ1) is 20.6. The van der Waals surface area contributed by atoms with E-state index >= 15 is 0 Å². The maximum absolute atomic E-state index is 13.1. The first-order valence-electron chi connectivity index (χ1n) is 10.3. The molecule has 30 heavy (non-hydrogen) atoms. The molecule has 6 nitrogen and oxygen atoms in total. The van der Waals surface area contributed by atoms with Crippen molar-refractivity contribution in [3.05, 3.63) is 53.6 Å². The largest absolute Gasteiger partial charge is 0.481 e. The number of carboxylic acid groups (broad SMARTS) is 1. The summed E-state index contributed by atoms with van der Waals surface area (Å²) in [5, 5.41) is 10.2. The summed E-state index contributed by atoms with van der Waals surface area (Å²) in [6.07, 6.45) is 4.82. The quantitative estimate of drug-likeness (QED) is 0.545. The highest BCUT2D eigenvalue weighted by atomic mass is 32.2. The number of carbonyl (C=O) groups is 1. The second kappa shape index (κ2) is 8.24. The van der Waals surface area contributed by atoms with Crippen LogP contribution >= 0.6 is 0 Å². The number of aliphatic carboxylic acids is 1. The van der Waals surface area contributed by atoms with Gasteiger partial charge in [0, 0.05) is 16.9 Å². The molecule has 0 amide bonds. The van der Waals surface area contributed by atoms with Crippen LogP contribution in [0.5, 0.6) is 0 Å². The van der Waals surface area contributed by atoms with Crippen LogP contribution in [0.2, 0.25) is 0 Å². The van der Waals surface area contributed by atoms with Crippen molar-refractivity contribution in [2.45, 2.75) is 56.4 Å². The number of aromatic amines is 1. The van der Waals surface area contributed by atoms with Crippen molar-refractivity contribution in [3.8, 4) is 11.3 Å². The van der Waals surface area contributed by atoms with Crippen molar-refractivity contribution in [2.24, 2.45) is 0 Å². The summed E-state index contributed by atoms with van der Waals surface area (Å²) in [6, 6.07) is 12.8. The topological polar surface area (TPSA) is 99.3 Å². The number of hydrogen-bond donors (Lipinski definition) is 3. The minimum atomic E-state index is -3.67. The molecule has 0 saturated heterocycles. The van der Waals surface area contributed by atoms with E-state index in [4.69, 9.17) is 0 Å². The van der Waals surface area contributed by atoms with Gasteiger partial charge in [-0.15, -0.1) is 0 Å². The number of para-hydroxylation sites is 1. The number of hydrogen-bond acceptors (Lipinski definition) is 3. The molecule has 7 heteroatoms. The van der Waals surface area contributed by atoms with Crippen molar-refractivity contribution in [1.82, 2.24) is 9.71 Å². The Balaban J connectivity index is 1.77. The number of rotatable bonds is 6. The van der Waals surface area contributed by atoms with Crippen LogP contribution in [-0.4, -0.2) is 30.5 Å². The smallest absolute Gasteiger partial charge is 0.307 e. The predicted molar refractivity (Wildman–Crippen MR) is 117 cm³/mol. The Hall–Kier alpha value is -2.64. The Morgan fingerprint density at radius 3 is 2.60 bits per heavy atom. The van der Waals surface area contributed by atoms with E-state index in [9.17, 15) is 18.3 Å². The molecule has 1 saturated carbocycles. The van der Waals surface area contributed by atoms with E-state index in [1.54, 1.807) is 19.1 Å². The Morgan fingerprint density at radius 2 is 1.87 bits per heavy atom. The second-order valence-corrected chi connectivity index (χ2v) is 9.71. The average Bonchev–Trinajstić information content (AvgIpc) is 3.06. The average molecular weight is 427 g/mol. The van der Waals surface area contributed by atoms with Crippen LogP contribution in [0.3, 0.4) is 0 Å². The van der Waals surface area contributed by atoms with Gasteiger partial charge in [-0.1, -0.05) is 49.6 Å². The minimum Gasteiger partial charge on any atom is -0.481 e. The number of benzene rings is 2. The van der Waals surface area contributed by atoms with E-state index in [0.717, 1.165) is 43.0 Å². The summed E-state index contributed by atoms with van der Waals surface area (Å²) in [5.41, 5.74) is 3.46. The molecule has 2 aromatic carbocycles. The molecular formula is C23H26N2O4S. The molecule has 0 unspecified atom stereocenters. The Bertz CT molecular complexity index is 1190. The molecule has 0 aliphatic heterocycles. The van der Waals surface area contributed by atoms with Gasteiger partial charge in [0.15, 0.2) is 0 Å². The zero-order chi connectivity index (χ0) is 21.3. The third kappa shape index (κ3) is 4.13. The standard InChI is InChI=1S/C23H26N2O4S/c1-15-11-12-16(13-21(15)30(28,29)25-17-7-3-2-4-8-17)23-19(14-22(26)27)18-9-5-6-10-20(18)24-23/h5-6,9-13,17,24-25H,2-4,7-8,14H2,1H3,(H,26,27). The molecule has 1 heterocycles. The molecule has 0 spiro atoms. The number of aryl methyl sites for hydroxylation is 1. The fraction of sp³-hybridized carbons (Fsp3) is 0.348. The van der Waals surface area contributed by atoms with Crippen LogP contribution in [0.25, 0.3) is 22.2 Å². The number of fused-ring (bicyclic) bond motifs is 1. The molecule has 158 valence electrons. The summed E-state index contributed by atoms with van der Waals surface area (Å²) in [4.78, 5) is 15.0. The second-order valence-electron chi connectivity index (χ2n) is 8.03. The molecule has 3 N–H and O–H groups in total. The number of H-pyrrole nitrogens is 1. The first-order chi connectivity index (χ1) is 14.3. The van der Waals surface area contributed by atoms with Crippen molar-refractivity contribution in [2.75, 3.05) is 0 Å². The highest BCUT2D eigenvalue weighted by Gasteiger charge is 2.24. The highest BCUT2D eigenvalue weighted by molar-refractivity contribution is 7.89. The van der Waals surface area contributed by atoms with Gasteiger partial charge >= 0.3 is 5.97 Å². The van der Waals surface area contributed by atoms with E-state index < -0.39 is 16.0 Å². The lowest BCUT2D eigenvalue weighted by Gasteiger charge is -2.23. The molecule has 1 aliphatic rings. The van der Waals surface area contributed by atoms with Crippen molar-refractivity contribution in [1.29, 1.82) is 0 Å². The molecule has 0 radical (unpaired) electrons. The van der Waals surface area contributed by atoms with E-state index in [0.29, 0.717) is 22.4 Å². The molecule has 3 aromatic rings. The maximum Gasteiger partial charge on any atom is 0.307 e. The van der Waals surface area contributed by atoms with Gasteiger partial charge in [0.25, 0.3) is 0 Å². The zero-order valence-electron chi connectivity index (χ0n) is 16.9. The normalized spacial score (nSPS) is 15.5. The molecular weight excluding hydrogens is 400 g/mol. The van der Waals surface area contributed by atoms with Crippen LogP contribution in [-0.2, 0) is 21.2 Å². The molecule has 0 atom stereocenters. The van der Waals surface area contributed by atoms with Crippen LogP contribution in [0.1, 0.15) is 43.2 Å². The monoisotopic (exact) mass is 426 g/mol. The van der Waals surface area contributed by atoms with Gasteiger partial charge in [0.1, 0.15) is 0 Å². The van der Waals surface area contributed by atoms with Gasteiger partial charge in [-0.2, -0.15) is 0 Å². The zero-order valence-corrected chi connectivity index (χ0v) is 17.8. The SMILES string of the molecule is Cc1ccc(-c2[nH]c3ccccc3c2CC(=O)O)cc1S(=O)(=O)NC1CCCCC1. The van der Waals surface area contributed by atoms with Gasteiger partial charge in [-0.05, 0) is 48.6 Å². The van der Waals surface area contributed by atoms with Crippen LogP contribution < -0.4 is 4.72 Å². The fourth-order valence-electron chi connectivity index (χ4n) is 4.33. The van der Waals surface area contributed by atoms with Gasteiger partial charge in [-0.3, -0.25) is 4.79 Å². The first-order valence-corrected chi connectivity index (χ1v) is 11.8. The lowest BCUT2D eigenvalue weighted by Crippen LogP contribution is -2.36. The number of nitrogens with one attached hydrogen (secondary N) is 2. The van der Waals surface area contributed by atoms with Crippen LogP contribution in [0.4, 0.5) is 0 Å². The summed E-state index contributed by atoms with van der Waals surface area (Å²) in [6.45, 7) is 1.78. The minimum absolute atomic E-state index is 0.0255. The van der Waals surface area contributed by atoms with E-state index in [1.807, 2.05) is 30.3 Å². The van der Waals surface area contributed by atoms with Crippen molar-refractivity contribution in [3.63, 3.8) is 0 Å². The molecule has 1 fully saturated rings. The van der Waals surface area contributed by atoms with Crippen molar-refractivity contribution < 1.29 is 18.3 Å². The maximum atomic E-state index is 13.1. The van der Waals surface area contributed by atoms with E-state index in [-0.39, 0.29) is 17.4 Å². The summed E-state index contributed by atoms with van der Waals surface area (Å²) < 4.78 is 29.1. The number of aromatic nitrogens is 1. The summed E-state index contributed by atoms with van der Waals surface area (Å²) >= 11 is 0. The third-order valence-corrected chi connectivity index (χ3v) is 7.50. The molecule has 4 rings (SSSR count). The third-order valence-electron chi connectivity index (χ3n) is 5.83. The molecule has 1 aliphatic carbocycles. The van der Waals surface area contributed by atoms with E-state index in [2.05, 4.69) is 9.71 Å². The Morgan fingerprint density at radius 1 is 1.13 bits per heavy atom. The van der Waals surface area contributed by atoms with Crippen LogP contribution in [0.15, 0.2) is 47.4 Å². The highest BCUT2D eigenvalue weighted by Crippen LogP contribution is 2.33. The summed E-state index contributed by atoms with van der Waals surface area (Å²) in [7, 11) is -3.67. The van der Waals surface area contributed by atoms with E-state index in [1.165, 1.54) is 0 Å². The van der Waals surface area contributed by atoms with Gasteiger partial charge in [0.05, 0.1) is 17.0 Å². The van der Waals surface area contributed by atoms with Gasteiger partial charge < -0.3 is 10.1 Å². The number of sulfonamides is 1. The Labute approximate surface area is 176 Å². The summed E-state index contributed by atoms with van der Waals surface area (Å²) in [5.74, 6) is -0.931. The number of carboxylic acids is 1. The predicted octanol–water partition coefficient (Wildman–Crippen LogP) is 4.38. The van der Waals surface area contributed by atoms with Crippen LogP contribution in [0, 0.1) is 6.92 Å². The van der Waals surface area contributed by atoms with Gasteiger partial charge in [-0.25, -0.2) is 13.1 Å². The van der Waals surface area contributed by atoms with Gasteiger partial charge in [0.2, 0.25) is 10.0 Å². The fourth-order valence-corrected chi connectivity index (χ4v) is 5.91. The molecule has 0 bridgehead atoms. The van der Waals surface area contributed by atoms with Crippen molar-refractivity contribution >= 4 is 26.9 Å².